The van der Waals surface area contributed by atoms with E-state index in [4.69, 9.17) is 0 Å². The lowest BCUT2D eigenvalue weighted by molar-refractivity contribution is 0.0595. The summed E-state index contributed by atoms with van der Waals surface area (Å²) < 4.78 is 47.5. The molecule has 3 aromatic rings. The second-order valence-electron chi connectivity index (χ2n) is 9.78. The molecular formula is C33H38FNO4S. The van der Waals surface area contributed by atoms with Gasteiger partial charge in [-0.3, -0.25) is 0 Å². The van der Waals surface area contributed by atoms with Gasteiger partial charge in [0.25, 0.3) is 0 Å². The van der Waals surface area contributed by atoms with Crippen LogP contribution in [0.25, 0.3) is 0 Å². The average Bonchev–Trinajstić information content (AvgIpc) is 2.97. The van der Waals surface area contributed by atoms with Crippen LogP contribution in [0.1, 0.15) is 85.0 Å². The first kappa shape index (κ1) is 31.1. The maximum Gasteiger partial charge on any atom is 0.340 e. The smallest absolute Gasteiger partial charge is 0.340 e. The number of carbonyl (C=O) groups is 1. The van der Waals surface area contributed by atoms with Crippen LogP contribution in [-0.2, 0) is 27.7 Å². The van der Waals surface area contributed by atoms with Gasteiger partial charge in [-0.05, 0) is 78.9 Å². The van der Waals surface area contributed by atoms with Gasteiger partial charge in [0.2, 0.25) is 10.0 Å². The van der Waals surface area contributed by atoms with Crippen molar-refractivity contribution >= 4 is 16.0 Å². The molecule has 0 fully saturated rings. The van der Waals surface area contributed by atoms with Crippen LogP contribution >= 0.6 is 0 Å². The van der Waals surface area contributed by atoms with Crippen molar-refractivity contribution in [2.45, 2.75) is 70.2 Å². The summed E-state index contributed by atoms with van der Waals surface area (Å²) >= 11 is 0. The summed E-state index contributed by atoms with van der Waals surface area (Å²) in [5.74, 6) is 4.74. The summed E-state index contributed by atoms with van der Waals surface area (Å²) in [6.45, 7) is 4.58. The molecule has 0 amide bonds. The number of hydrogen-bond donors (Lipinski definition) is 0. The Kier molecular flexibility index (Phi) is 11.9. The van der Waals surface area contributed by atoms with E-state index in [0.717, 1.165) is 50.2 Å². The summed E-state index contributed by atoms with van der Waals surface area (Å²) in [6.07, 6.45) is 7.00. The number of hydrogen-bond acceptors (Lipinski definition) is 4. The summed E-state index contributed by atoms with van der Waals surface area (Å²) in [5, 5.41) is 0. The topological polar surface area (TPSA) is 63.7 Å². The van der Waals surface area contributed by atoms with Crippen molar-refractivity contribution in [1.29, 1.82) is 0 Å². The highest BCUT2D eigenvalue weighted by Gasteiger charge is 2.25. The Labute approximate surface area is 238 Å². The number of benzene rings is 3. The second-order valence-corrected chi connectivity index (χ2v) is 11.7. The van der Waals surface area contributed by atoms with Crippen LogP contribution < -0.4 is 0 Å². The molecule has 0 spiro atoms. The Morgan fingerprint density at radius 1 is 0.825 bits per heavy atom. The second kappa shape index (κ2) is 15.4. The van der Waals surface area contributed by atoms with Crippen molar-refractivity contribution in [2.75, 3.05) is 13.7 Å². The molecule has 0 saturated heterocycles. The van der Waals surface area contributed by atoms with E-state index in [9.17, 15) is 17.6 Å². The number of methoxy groups -OCH3 is 1. The van der Waals surface area contributed by atoms with Gasteiger partial charge in [0.15, 0.2) is 0 Å². The Bertz CT molecular complexity index is 1420. The van der Waals surface area contributed by atoms with E-state index in [-0.39, 0.29) is 17.0 Å². The van der Waals surface area contributed by atoms with Crippen LogP contribution in [0, 0.1) is 17.7 Å². The number of nitrogens with zero attached hydrogens (tertiary/aromatic N) is 1. The fourth-order valence-corrected chi connectivity index (χ4v) is 5.75. The van der Waals surface area contributed by atoms with E-state index in [1.165, 1.54) is 29.1 Å². The maximum absolute atomic E-state index is 14.2. The van der Waals surface area contributed by atoms with Crippen LogP contribution in [0.3, 0.4) is 0 Å². The maximum atomic E-state index is 14.2. The van der Waals surface area contributed by atoms with Crippen LogP contribution in [0.2, 0.25) is 0 Å². The quantitative estimate of drug-likeness (QED) is 0.126. The number of halogens is 1. The van der Waals surface area contributed by atoms with Gasteiger partial charge in [-0.15, -0.1) is 0 Å². The van der Waals surface area contributed by atoms with E-state index in [1.807, 2.05) is 12.1 Å². The lowest BCUT2D eigenvalue weighted by Crippen LogP contribution is -2.31. The minimum atomic E-state index is -3.86. The first-order valence-electron chi connectivity index (χ1n) is 13.9. The fourth-order valence-electron chi connectivity index (χ4n) is 4.28. The van der Waals surface area contributed by atoms with Gasteiger partial charge in [0.1, 0.15) is 5.82 Å². The Morgan fingerprint density at radius 2 is 1.43 bits per heavy atom. The van der Waals surface area contributed by atoms with Gasteiger partial charge < -0.3 is 4.74 Å². The lowest BCUT2D eigenvalue weighted by Gasteiger charge is -2.23. The SMILES string of the molecule is CCCCCCN(Cc1ccc(F)c(C(=O)OC)c1)S(=O)(=O)c1ccc(C#Cc2ccc(CCCC)cc2)cc1. The highest BCUT2D eigenvalue weighted by molar-refractivity contribution is 7.89. The molecule has 40 heavy (non-hydrogen) atoms. The summed E-state index contributed by atoms with van der Waals surface area (Å²) in [6, 6.07) is 18.8. The molecule has 0 unspecified atom stereocenters. The highest BCUT2D eigenvalue weighted by atomic mass is 32.2. The predicted octanol–water partition coefficient (Wildman–Crippen LogP) is 7.13. The highest BCUT2D eigenvalue weighted by Crippen LogP contribution is 2.22. The molecule has 0 atom stereocenters. The van der Waals surface area contributed by atoms with Crippen LogP contribution in [-0.4, -0.2) is 32.3 Å². The van der Waals surface area contributed by atoms with Crippen molar-refractivity contribution < 1.29 is 22.3 Å². The molecule has 0 aliphatic rings. The Hall–Kier alpha value is -3.47. The number of carbonyl (C=O) groups excluding carboxylic acids is 1. The van der Waals surface area contributed by atoms with E-state index >= 15 is 0 Å². The molecule has 0 aromatic heterocycles. The number of sulfonamides is 1. The van der Waals surface area contributed by atoms with Crippen molar-refractivity contribution in [3.05, 3.63) is 100 Å². The van der Waals surface area contributed by atoms with E-state index in [0.29, 0.717) is 24.1 Å². The monoisotopic (exact) mass is 563 g/mol. The molecule has 0 saturated carbocycles. The number of esters is 1. The molecule has 3 aromatic carbocycles. The van der Waals surface area contributed by atoms with Crippen molar-refractivity contribution in [3.63, 3.8) is 0 Å². The van der Waals surface area contributed by atoms with Gasteiger partial charge in [-0.25, -0.2) is 17.6 Å². The minimum Gasteiger partial charge on any atom is -0.465 e. The third-order valence-electron chi connectivity index (χ3n) is 6.67. The van der Waals surface area contributed by atoms with Gasteiger partial charge in [-0.2, -0.15) is 4.31 Å². The zero-order valence-electron chi connectivity index (χ0n) is 23.6. The molecule has 0 bridgehead atoms. The van der Waals surface area contributed by atoms with Gasteiger partial charge in [0.05, 0.1) is 17.6 Å². The molecule has 0 heterocycles. The number of rotatable bonds is 13. The number of unbranched alkanes of at least 4 members (excludes halogenated alkanes) is 4. The third-order valence-corrected chi connectivity index (χ3v) is 8.53. The molecule has 0 radical (unpaired) electrons. The molecule has 5 nitrogen and oxygen atoms in total. The first-order chi connectivity index (χ1) is 19.3. The van der Waals surface area contributed by atoms with E-state index < -0.39 is 21.8 Å². The average molecular weight is 564 g/mol. The molecule has 212 valence electrons. The predicted molar refractivity (Wildman–Crippen MR) is 157 cm³/mol. The molecule has 7 heteroatoms. The summed E-state index contributed by atoms with van der Waals surface area (Å²) in [5.41, 5.74) is 3.19. The van der Waals surface area contributed by atoms with Crippen molar-refractivity contribution in [3.8, 4) is 11.8 Å². The molecule has 0 aliphatic heterocycles. The Morgan fingerprint density at radius 3 is 2.02 bits per heavy atom. The van der Waals surface area contributed by atoms with Crippen LogP contribution in [0.4, 0.5) is 4.39 Å². The molecular weight excluding hydrogens is 525 g/mol. The lowest BCUT2D eigenvalue weighted by atomic mass is 10.1. The van der Waals surface area contributed by atoms with E-state index in [2.05, 4.69) is 42.6 Å². The van der Waals surface area contributed by atoms with Gasteiger partial charge >= 0.3 is 5.97 Å². The van der Waals surface area contributed by atoms with Crippen molar-refractivity contribution in [2.24, 2.45) is 0 Å². The molecule has 3 rings (SSSR count). The summed E-state index contributed by atoms with van der Waals surface area (Å²) in [4.78, 5) is 12.1. The standard InChI is InChI=1S/C33H38FNO4S/c1-4-6-8-9-23-35(25-29-19-22-32(34)31(24-29)33(36)39-3)40(37,38)30-20-17-28(18-21-30)16-15-27-13-11-26(12-14-27)10-7-5-2/h11-14,17-22,24H,4-10,23,25H2,1-3H3. The van der Waals surface area contributed by atoms with E-state index in [1.54, 1.807) is 24.3 Å². The zero-order chi connectivity index (χ0) is 29.0. The minimum absolute atomic E-state index is 0.00847. The zero-order valence-corrected chi connectivity index (χ0v) is 24.4. The molecule has 0 aliphatic carbocycles. The third kappa shape index (κ3) is 8.77. The van der Waals surface area contributed by atoms with Gasteiger partial charge in [0, 0.05) is 24.2 Å². The van der Waals surface area contributed by atoms with Crippen molar-refractivity contribution in [1.82, 2.24) is 4.31 Å². The first-order valence-corrected chi connectivity index (χ1v) is 15.3. The normalized spacial score (nSPS) is 11.2. The largest absolute Gasteiger partial charge is 0.465 e. The molecule has 0 N–H and O–H groups in total. The Balaban J connectivity index is 1.80. The number of aryl methyl sites for hydroxylation is 1. The van der Waals surface area contributed by atoms with Crippen LogP contribution in [0.5, 0.6) is 0 Å². The van der Waals surface area contributed by atoms with Gasteiger partial charge in [-0.1, -0.05) is 69.6 Å². The summed E-state index contributed by atoms with van der Waals surface area (Å²) in [7, 11) is -2.68. The van der Waals surface area contributed by atoms with Crippen LogP contribution in [0.15, 0.2) is 71.6 Å². The fraction of sp³-hybridized carbons (Fsp3) is 0.364. The number of ether oxygens (including phenoxy) is 1.